The van der Waals surface area contributed by atoms with Crippen LogP contribution in [0, 0.1) is 0 Å². The highest BCUT2D eigenvalue weighted by Crippen LogP contribution is 2.20. The predicted octanol–water partition coefficient (Wildman–Crippen LogP) is 2.67. The fourth-order valence-electron chi connectivity index (χ4n) is 1.43. The van der Waals surface area contributed by atoms with Crippen molar-refractivity contribution in [2.24, 2.45) is 7.05 Å². The van der Waals surface area contributed by atoms with Gasteiger partial charge in [0, 0.05) is 23.8 Å². The Balaban J connectivity index is 1.75. The number of hydrogen-bond donors (Lipinski definition) is 1. The summed E-state index contributed by atoms with van der Waals surface area (Å²) in [6.07, 6.45) is 3.55. The summed E-state index contributed by atoms with van der Waals surface area (Å²) in [5.74, 6) is 0.793. The summed E-state index contributed by atoms with van der Waals surface area (Å²) in [7, 11) is 1.87. The molecule has 0 saturated carbocycles. The van der Waals surface area contributed by atoms with Crippen molar-refractivity contribution in [3.8, 4) is 5.75 Å². The highest BCUT2D eigenvalue weighted by Gasteiger charge is 1.98. The van der Waals surface area contributed by atoms with Gasteiger partial charge in [0.1, 0.15) is 6.61 Å². The van der Waals surface area contributed by atoms with Crippen LogP contribution in [0.15, 0.2) is 41.1 Å². The molecule has 1 aromatic heterocycles. The Labute approximate surface area is 109 Å². The minimum Gasteiger partial charge on any atom is -0.488 e. The van der Waals surface area contributed by atoms with E-state index in [0.717, 1.165) is 22.5 Å². The maximum atomic E-state index is 5.53. The normalized spacial score (nSPS) is 10.2. The molecule has 1 N–H and O–H groups in total. The highest BCUT2D eigenvalue weighted by molar-refractivity contribution is 9.10. The molecular weight excluding hydrogens is 282 g/mol. The number of aryl methyl sites for hydroxylation is 1. The molecule has 0 atom stereocenters. The molecule has 0 bridgehead atoms. The number of para-hydroxylation sites is 1. The van der Waals surface area contributed by atoms with Crippen LogP contribution in [-0.2, 0) is 7.05 Å². The minimum atomic E-state index is 0.604. The predicted molar refractivity (Wildman–Crippen MR) is 71.3 cm³/mol. The second kappa shape index (κ2) is 5.72. The standard InChI is InChI=1S/C12H14BrN3O/c1-16-9-10(8-15-16)17-7-6-14-12-5-3-2-4-11(12)13/h2-5,8-9,14H,6-7H2,1H3. The van der Waals surface area contributed by atoms with Crippen LogP contribution in [0.2, 0.25) is 0 Å². The minimum absolute atomic E-state index is 0.604. The highest BCUT2D eigenvalue weighted by atomic mass is 79.9. The molecule has 17 heavy (non-hydrogen) atoms. The molecule has 0 saturated heterocycles. The van der Waals surface area contributed by atoms with E-state index < -0.39 is 0 Å². The van der Waals surface area contributed by atoms with Crippen LogP contribution in [-0.4, -0.2) is 22.9 Å². The molecule has 90 valence electrons. The molecule has 0 unspecified atom stereocenters. The molecule has 0 aliphatic carbocycles. The van der Waals surface area contributed by atoms with Gasteiger partial charge in [-0.2, -0.15) is 5.10 Å². The average molecular weight is 296 g/mol. The smallest absolute Gasteiger partial charge is 0.157 e. The Kier molecular flexibility index (Phi) is 4.03. The van der Waals surface area contributed by atoms with Gasteiger partial charge in [-0.05, 0) is 28.1 Å². The van der Waals surface area contributed by atoms with Crippen LogP contribution in [0.1, 0.15) is 0 Å². The lowest BCUT2D eigenvalue weighted by molar-refractivity contribution is 0.332. The van der Waals surface area contributed by atoms with Crippen LogP contribution in [0.25, 0.3) is 0 Å². The summed E-state index contributed by atoms with van der Waals surface area (Å²) < 4.78 is 8.30. The molecular formula is C12H14BrN3O. The van der Waals surface area contributed by atoms with Crippen molar-refractivity contribution in [1.82, 2.24) is 9.78 Å². The number of rotatable bonds is 5. The lowest BCUT2D eigenvalue weighted by Crippen LogP contribution is -2.11. The number of ether oxygens (including phenoxy) is 1. The van der Waals surface area contributed by atoms with Gasteiger partial charge in [-0.15, -0.1) is 0 Å². The Hall–Kier alpha value is -1.49. The number of nitrogens with zero attached hydrogens (tertiary/aromatic N) is 2. The van der Waals surface area contributed by atoms with Crippen LogP contribution < -0.4 is 10.1 Å². The Morgan fingerprint density at radius 3 is 2.94 bits per heavy atom. The maximum Gasteiger partial charge on any atom is 0.157 e. The Morgan fingerprint density at radius 1 is 1.41 bits per heavy atom. The van der Waals surface area contributed by atoms with Gasteiger partial charge in [0.2, 0.25) is 0 Å². The number of hydrogen-bond acceptors (Lipinski definition) is 3. The molecule has 2 rings (SSSR count). The lowest BCUT2D eigenvalue weighted by atomic mass is 10.3. The van der Waals surface area contributed by atoms with Gasteiger partial charge in [-0.1, -0.05) is 12.1 Å². The molecule has 0 spiro atoms. The first-order valence-electron chi connectivity index (χ1n) is 5.35. The molecule has 0 amide bonds. The molecule has 5 heteroatoms. The van der Waals surface area contributed by atoms with Crippen molar-refractivity contribution >= 4 is 21.6 Å². The summed E-state index contributed by atoms with van der Waals surface area (Å²) in [6, 6.07) is 8.01. The topological polar surface area (TPSA) is 39.1 Å². The Bertz CT molecular complexity index is 484. The SMILES string of the molecule is Cn1cc(OCCNc2ccccc2Br)cn1. The van der Waals surface area contributed by atoms with Crippen LogP contribution in [0.5, 0.6) is 5.75 Å². The molecule has 0 fully saturated rings. The zero-order valence-electron chi connectivity index (χ0n) is 9.56. The zero-order valence-corrected chi connectivity index (χ0v) is 11.1. The van der Waals surface area contributed by atoms with E-state index in [2.05, 4.69) is 26.3 Å². The zero-order chi connectivity index (χ0) is 12.1. The number of benzene rings is 1. The van der Waals surface area contributed by atoms with Gasteiger partial charge >= 0.3 is 0 Å². The van der Waals surface area contributed by atoms with E-state index in [1.807, 2.05) is 37.5 Å². The van der Waals surface area contributed by atoms with E-state index in [4.69, 9.17) is 4.74 Å². The summed E-state index contributed by atoms with van der Waals surface area (Å²) in [5, 5.41) is 7.32. The third-order valence-electron chi connectivity index (χ3n) is 2.24. The summed E-state index contributed by atoms with van der Waals surface area (Å²) in [4.78, 5) is 0. The first-order valence-corrected chi connectivity index (χ1v) is 6.15. The van der Waals surface area contributed by atoms with Gasteiger partial charge < -0.3 is 10.1 Å². The molecule has 0 radical (unpaired) electrons. The second-order valence-corrected chi connectivity index (χ2v) is 4.46. The number of halogens is 1. The number of anilines is 1. The molecule has 0 aliphatic rings. The fraction of sp³-hybridized carbons (Fsp3) is 0.250. The van der Waals surface area contributed by atoms with E-state index >= 15 is 0 Å². The fourth-order valence-corrected chi connectivity index (χ4v) is 1.86. The number of aromatic nitrogens is 2. The largest absolute Gasteiger partial charge is 0.488 e. The summed E-state index contributed by atoms with van der Waals surface area (Å²) in [6.45, 7) is 1.35. The third kappa shape index (κ3) is 3.49. The van der Waals surface area contributed by atoms with E-state index in [1.165, 1.54) is 0 Å². The molecule has 2 aromatic rings. The molecule has 4 nitrogen and oxygen atoms in total. The summed E-state index contributed by atoms with van der Waals surface area (Å²) in [5.41, 5.74) is 1.07. The van der Waals surface area contributed by atoms with Crippen molar-refractivity contribution in [2.75, 3.05) is 18.5 Å². The maximum absolute atomic E-state index is 5.53. The quantitative estimate of drug-likeness (QED) is 0.862. The van der Waals surface area contributed by atoms with Gasteiger partial charge in [-0.25, -0.2) is 0 Å². The molecule has 0 aliphatic heterocycles. The van der Waals surface area contributed by atoms with E-state index in [9.17, 15) is 0 Å². The van der Waals surface area contributed by atoms with Crippen LogP contribution in [0.3, 0.4) is 0 Å². The van der Waals surface area contributed by atoms with Gasteiger partial charge in [0.05, 0.1) is 12.4 Å². The lowest BCUT2D eigenvalue weighted by Gasteiger charge is -2.08. The van der Waals surface area contributed by atoms with Crippen LogP contribution in [0.4, 0.5) is 5.69 Å². The molecule has 1 aromatic carbocycles. The van der Waals surface area contributed by atoms with E-state index in [-0.39, 0.29) is 0 Å². The third-order valence-corrected chi connectivity index (χ3v) is 2.93. The van der Waals surface area contributed by atoms with Gasteiger partial charge in [-0.3, -0.25) is 4.68 Å². The summed E-state index contributed by atoms with van der Waals surface area (Å²) >= 11 is 3.48. The van der Waals surface area contributed by atoms with Crippen LogP contribution >= 0.6 is 15.9 Å². The number of nitrogens with one attached hydrogen (secondary N) is 1. The second-order valence-electron chi connectivity index (χ2n) is 3.60. The van der Waals surface area contributed by atoms with Crippen molar-refractivity contribution < 1.29 is 4.74 Å². The van der Waals surface area contributed by atoms with E-state index in [1.54, 1.807) is 10.9 Å². The Morgan fingerprint density at radius 2 is 2.24 bits per heavy atom. The van der Waals surface area contributed by atoms with Crippen molar-refractivity contribution in [3.63, 3.8) is 0 Å². The van der Waals surface area contributed by atoms with Gasteiger partial charge in [0.25, 0.3) is 0 Å². The van der Waals surface area contributed by atoms with Gasteiger partial charge in [0.15, 0.2) is 5.75 Å². The first-order chi connectivity index (χ1) is 8.25. The van der Waals surface area contributed by atoms with E-state index in [0.29, 0.717) is 6.61 Å². The first kappa shape index (κ1) is 12.0. The average Bonchev–Trinajstić information content (AvgIpc) is 2.73. The van der Waals surface area contributed by atoms with Crippen molar-refractivity contribution in [1.29, 1.82) is 0 Å². The monoisotopic (exact) mass is 295 g/mol. The van der Waals surface area contributed by atoms with Crippen molar-refractivity contribution in [2.45, 2.75) is 0 Å². The van der Waals surface area contributed by atoms with Crippen molar-refractivity contribution in [3.05, 3.63) is 41.1 Å². The molecule has 1 heterocycles.